The standard InChI is InChI=1S/C66H127NO18/c1-3-5-7-9-11-13-15-17-18-19-20-21-22-23-24-25-26-27-28-29-30-32-33-35-37-39-41-43-50(71)49(67-54(72)44-42-40-38-36-34-31-16-14-12-10-8-6-4-2)48-80-64-60(78)57(75)62(52(46-69)82-64)85-66-61(79)58(76)63(53(47-70)83-66)84-65-59(77)56(74)55(73)51(45-68)81-65/h49-53,55-66,68-71,73-79H,3-48H2,1-2H3,(H,67,72). The van der Waals surface area contributed by atoms with Crippen molar-refractivity contribution in [3.8, 4) is 0 Å². The lowest BCUT2D eigenvalue weighted by atomic mass is 9.96. The molecule has 3 saturated heterocycles. The van der Waals surface area contributed by atoms with Gasteiger partial charge in [-0.15, -0.1) is 0 Å². The third-order valence-electron chi connectivity index (χ3n) is 17.9. The highest BCUT2D eigenvalue weighted by molar-refractivity contribution is 5.76. The summed E-state index contributed by atoms with van der Waals surface area (Å²) in [4.78, 5) is 13.4. The second-order valence-electron chi connectivity index (χ2n) is 25.4. The van der Waals surface area contributed by atoms with Crippen molar-refractivity contribution in [3.63, 3.8) is 0 Å². The second-order valence-corrected chi connectivity index (χ2v) is 25.4. The molecule has 1 amide bonds. The first kappa shape index (κ1) is 78.0. The molecule has 19 heteroatoms. The fourth-order valence-corrected chi connectivity index (χ4v) is 12.3. The molecule has 17 atom stereocenters. The van der Waals surface area contributed by atoms with Crippen molar-refractivity contribution in [2.24, 2.45) is 0 Å². The number of hydrogen-bond donors (Lipinski definition) is 12. The van der Waals surface area contributed by atoms with Gasteiger partial charge in [0.05, 0.1) is 38.6 Å². The van der Waals surface area contributed by atoms with Gasteiger partial charge in [0.25, 0.3) is 0 Å². The first-order valence-electron chi connectivity index (χ1n) is 34.8. The number of rotatable bonds is 54. The smallest absolute Gasteiger partial charge is 0.220 e. The van der Waals surface area contributed by atoms with E-state index >= 15 is 0 Å². The fourth-order valence-electron chi connectivity index (χ4n) is 12.3. The van der Waals surface area contributed by atoms with Gasteiger partial charge in [-0.2, -0.15) is 0 Å². The molecule has 3 aliphatic rings. The third kappa shape index (κ3) is 32.1. The zero-order valence-corrected chi connectivity index (χ0v) is 53.1. The molecule has 0 aromatic heterocycles. The largest absolute Gasteiger partial charge is 0.394 e. The lowest BCUT2D eigenvalue weighted by Crippen LogP contribution is -2.66. The lowest BCUT2D eigenvalue weighted by molar-refractivity contribution is -0.379. The number of aliphatic hydroxyl groups is 11. The van der Waals surface area contributed by atoms with E-state index in [4.69, 9.17) is 28.4 Å². The van der Waals surface area contributed by atoms with Crippen LogP contribution in [0.1, 0.15) is 284 Å². The van der Waals surface area contributed by atoms with Crippen LogP contribution < -0.4 is 5.32 Å². The molecule has 0 aliphatic carbocycles. The molecule has 12 N–H and O–H groups in total. The Labute approximate surface area is 513 Å². The normalized spacial score (nSPS) is 28.9. The average molecular weight is 1220 g/mol. The minimum Gasteiger partial charge on any atom is -0.394 e. The Morgan fingerprint density at radius 1 is 0.376 bits per heavy atom. The molecule has 504 valence electrons. The molecule has 3 aliphatic heterocycles. The monoisotopic (exact) mass is 1220 g/mol. The van der Waals surface area contributed by atoms with Gasteiger partial charge < -0.3 is 89.9 Å². The van der Waals surface area contributed by atoms with Gasteiger partial charge in [0.15, 0.2) is 18.9 Å². The van der Waals surface area contributed by atoms with Crippen LogP contribution in [0.3, 0.4) is 0 Å². The Morgan fingerprint density at radius 2 is 0.671 bits per heavy atom. The Bertz CT molecular complexity index is 1550. The Balaban J connectivity index is 1.40. The number of unbranched alkanes of at least 4 members (excludes halogenated alkanes) is 38. The lowest BCUT2D eigenvalue weighted by Gasteiger charge is -2.48. The summed E-state index contributed by atoms with van der Waals surface area (Å²) >= 11 is 0. The summed E-state index contributed by atoms with van der Waals surface area (Å²) in [6.07, 6.45) is 24.8. The predicted octanol–water partition coefficient (Wildman–Crippen LogP) is 8.72. The highest BCUT2D eigenvalue weighted by atomic mass is 16.8. The van der Waals surface area contributed by atoms with E-state index in [9.17, 15) is 61.0 Å². The van der Waals surface area contributed by atoms with E-state index in [2.05, 4.69) is 19.2 Å². The first-order valence-corrected chi connectivity index (χ1v) is 34.8. The number of ether oxygens (including phenoxy) is 6. The van der Waals surface area contributed by atoms with Gasteiger partial charge in [0.1, 0.15) is 73.2 Å². The van der Waals surface area contributed by atoms with Crippen LogP contribution in [0.2, 0.25) is 0 Å². The van der Waals surface area contributed by atoms with Crippen LogP contribution in [-0.4, -0.2) is 193 Å². The van der Waals surface area contributed by atoms with Gasteiger partial charge in [-0.3, -0.25) is 4.79 Å². The van der Waals surface area contributed by atoms with Crippen LogP contribution in [0.4, 0.5) is 0 Å². The highest BCUT2D eigenvalue weighted by Crippen LogP contribution is 2.33. The van der Waals surface area contributed by atoms with Gasteiger partial charge in [-0.25, -0.2) is 0 Å². The summed E-state index contributed by atoms with van der Waals surface area (Å²) in [6.45, 7) is 1.83. The molecule has 19 nitrogen and oxygen atoms in total. The van der Waals surface area contributed by atoms with Crippen molar-refractivity contribution in [1.29, 1.82) is 0 Å². The molecule has 0 saturated carbocycles. The molecule has 0 radical (unpaired) electrons. The van der Waals surface area contributed by atoms with Gasteiger partial charge in [0, 0.05) is 6.42 Å². The number of carbonyl (C=O) groups excluding carboxylic acids is 1. The van der Waals surface area contributed by atoms with Crippen molar-refractivity contribution in [2.45, 2.75) is 388 Å². The predicted molar refractivity (Wildman–Crippen MR) is 328 cm³/mol. The van der Waals surface area contributed by atoms with E-state index in [1.54, 1.807) is 0 Å². The van der Waals surface area contributed by atoms with E-state index in [1.807, 2.05) is 0 Å². The summed E-state index contributed by atoms with van der Waals surface area (Å²) in [5.74, 6) is -0.238. The van der Waals surface area contributed by atoms with Crippen molar-refractivity contribution < 1.29 is 89.4 Å². The highest BCUT2D eigenvalue weighted by Gasteiger charge is 2.53. The van der Waals surface area contributed by atoms with E-state index in [1.165, 1.54) is 205 Å². The third-order valence-corrected chi connectivity index (χ3v) is 17.9. The summed E-state index contributed by atoms with van der Waals surface area (Å²) in [5, 5.41) is 121. The van der Waals surface area contributed by atoms with Crippen LogP contribution in [0.25, 0.3) is 0 Å². The molecule has 0 bridgehead atoms. The Morgan fingerprint density at radius 3 is 1.02 bits per heavy atom. The molecule has 3 heterocycles. The Hall–Kier alpha value is -1.21. The van der Waals surface area contributed by atoms with Crippen LogP contribution >= 0.6 is 0 Å². The molecular formula is C66H127NO18. The Kier molecular flexibility index (Phi) is 45.4. The minimum atomic E-state index is -1.97. The zero-order valence-electron chi connectivity index (χ0n) is 53.1. The molecule has 0 aromatic carbocycles. The molecular weight excluding hydrogens is 1090 g/mol. The second kappa shape index (κ2) is 49.5. The van der Waals surface area contributed by atoms with Crippen LogP contribution in [-0.2, 0) is 33.2 Å². The number of nitrogens with one attached hydrogen (secondary N) is 1. The van der Waals surface area contributed by atoms with Crippen LogP contribution in [0.5, 0.6) is 0 Å². The van der Waals surface area contributed by atoms with E-state index in [0.717, 1.165) is 44.9 Å². The molecule has 3 rings (SSSR count). The maximum absolute atomic E-state index is 13.4. The maximum atomic E-state index is 13.4. The van der Waals surface area contributed by atoms with Gasteiger partial charge in [-0.05, 0) is 12.8 Å². The summed E-state index contributed by atoms with van der Waals surface area (Å²) in [5.41, 5.74) is 0. The molecule has 0 aromatic rings. The summed E-state index contributed by atoms with van der Waals surface area (Å²) in [6, 6.07) is -0.881. The van der Waals surface area contributed by atoms with Crippen molar-refractivity contribution >= 4 is 5.91 Å². The number of hydrogen-bond acceptors (Lipinski definition) is 18. The number of aliphatic hydroxyl groups excluding tert-OH is 11. The molecule has 85 heavy (non-hydrogen) atoms. The van der Waals surface area contributed by atoms with Crippen molar-refractivity contribution in [2.75, 3.05) is 26.4 Å². The van der Waals surface area contributed by atoms with E-state index in [-0.39, 0.29) is 18.9 Å². The maximum Gasteiger partial charge on any atom is 0.220 e. The first-order chi connectivity index (χ1) is 41.3. The summed E-state index contributed by atoms with van der Waals surface area (Å²) < 4.78 is 34.4. The molecule has 0 spiro atoms. The van der Waals surface area contributed by atoms with Gasteiger partial charge in [-0.1, -0.05) is 264 Å². The van der Waals surface area contributed by atoms with Crippen LogP contribution in [0, 0.1) is 0 Å². The average Bonchev–Trinajstić information content (AvgIpc) is 3.69. The SMILES string of the molecule is CCCCCCCCCCCCCCCCCCCCCCCCCCCCCC(O)C(COC1OC(CO)C(OC2OC(CO)C(OC3OC(CO)C(O)C(O)C3O)C(O)C2O)C(O)C1O)NC(=O)CCCCCCCCCCCCCCC. The molecule has 17 unspecified atom stereocenters. The summed E-state index contributed by atoms with van der Waals surface area (Å²) in [7, 11) is 0. The number of amides is 1. The topological polar surface area (TPSA) is 307 Å². The van der Waals surface area contributed by atoms with E-state index in [0.29, 0.717) is 12.8 Å². The van der Waals surface area contributed by atoms with Crippen molar-refractivity contribution in [3.05, 3.63) is 0 Å². The fraction of sp³-hybridized carbons (Fsp3) is 0.985. The quantitative estimate of drug-likeness (QED) is 0.0253. The van der Waals surface area contributed by atoms with Crippen LogP contribution in [0.15, 0.2) is 0 Å². The van der Waals surface area contributed by atoms with Crippen molar-refractivity contribution in [1.82, 2.24) is 5.32 Å². The van der Waals surface area contributed by atoms with Gasteiger partial charge >= 0.3 is 0 Å². The number of carbonyl (C=O) groups is 1. The minimum absolute atomic E-state index is 0.238. The zero-order chi connectivity index (χ0) is 61.9. The van der Waals surface area contributed by atoms with Gasteiger partial charge in [0.2, 0.25) is 5.91 Å². The molecule has 3 fully saturated rings. The van der Waals surface area contributed by atoms with E-state index < -0.39 is 124 Å².